The van der Waals surface area contributed by atoms with Crippen LogP contribution in [-0.4, -0.2) is 26.0 Å². The van der Waals surface area contributed by atoms with Crippen LogP contribution in [0.25, 0.3) is 0 Å². The number of hydrogen-bond acceptors (Lipinski definition) is 5. The molecule has 0 aliphatic heterocycles. The van der Waals surface area contributed by atoms with Crippen LogP contribution in [0.1, 0.15) is 12.8 Å². The zero-order chi connectivity index (χ0) is 16.7. The average molecular weight is 355 g/mol. The molecule has 1 fully saturated rings. The smallest absolute Gasteiger partial charge is 0.233 e. The molecule has 23 heavy (non-hydrogen) atoms. The molecule has 0 saturated heterocycles. The highest BCUT2D eigenvalue weighted by molar-refractivity contribution is 7.93. The van der Waals surface area contributed by atoms with E-state index in [0.717, 1.165) is 23.5 Å². The van der Waals surface area contributed by atoms with Gasteiger partial charge >= 0.3 is 0 Å². The minimum Gasteiger partial charge on any atom is -0.395 e. The first-order valence-electron chi connectivity index (χ1n) is 6.90. The SMILES string of the molecule is O=C(Nc1ccc(S(=O)(=O)c2ccc(F)cc2)s1)C1(CO)CC1. The van der Waals surface area contributed by atoms with Crippen LogP contribution in [0.2, 0.25) is 0 Å². The molecule has 0 unspecified atom stereocenters. The number of halogens is 1. The molecule has 0 bridgehead atoms. The Morgan fingerprint density at radius 2 is 1.87 bits per heavy atom. The zero-order valence-corrected chi connectivity index (χ0v) is 13.6. The van der Waals surface area contributed by atoms with Crippen molar-refractivity contribution in [3.8, 4) is 0 Å². The highest BCUT2D eigenvalue weighted by atomic mass is 32.2. The number of rotatable bonds is 5. The molecule has 2 N–H and O–H groups in total. The van der Waals surface area contributed by atoms with Gasteiger partial charge in [-0.15, -0.1) is 11.3 Å². The lowest BCUT2D eigenvalue weighted by molar-refractivity contribution is -0.122. The molecule has 0 atom stereocenters. The number of sulfone groups is 1. The Bertz CT molecular complexity index is 839. The number of aliphatic hydroxyl groups excluding tert-OH is 1. The molecule has 1 heterocycles. The summed E-state index contributed by atoms with van der Waals surface area (Å²) in [5.41, 5.74) is -0.722. The van der Waals surface area contributed by atoms with Crippen molar-refractivity contribution in [2.75, 3.05) is 11.9 Å². The van der Waals surface area contributed by atoms with Gasteiger partial charge < -0.3 is 10.4 Å². The fourth-order valence-corrected chi connectivity index (χ4v) is 4.72. The van der Waals surface area contributed by atoms with E-state index in [2.05, 4.69) is 5.32 Å². The van der Waals surface area contributed by atoms with Gasteiger partial charge in [0, 0.05) is 0 Å². The molecule has 5 nitrogen and oxygen atoms in total. The van der Waals surface area contributed by atoms with Gasteiger partial charge in [-0.2, -0.15) is 0 Å². The molecule has 1 aromatic carbocycles. The minimum atomic E-state index is -3.74. The highest BCUT2D eigenvalue weighted by Crippen LogP contribution is 2.46. The summed E-state index contributed by atoms with van der Waals surface area (Å²) < 4.78 is 37.9. The second kappa shape index (κ2) is 5.70. The number of aliphatic hydroxyl groups is 1. The lowest BCUT2D eigenvalue weighted by atomic mass is 10.1. The summed E-state index contributed by atoms with van der Waals surface area (Å²) in [6.07, 6.45) is 1.25. The zero-order valence-electron chi connectivity index (χ0n) is 12.0. The van der Waals surface area contributed by atoms with Gasteiger partial charge in [-0.3, -0.25) is 4.79 Å². The van der Waals surface area contributed by atoms with E-state index in [1.165, 1.54) is 24.3 Å². The molecular formula is C15H14FNO4S2. The fraction of sp³-hybridized carbons (Fsp3) is 0.267. The normalized spacial score (nSPS) is 16.1. The summed E-state index contributed by atoms with van der Waals surface area (Å²) in [6, 6.07) is 7.48. The number of hydrogen-bond donors (Lipinski definition) is 2. The predicted octanol–water partition coefficient (Wildman–Crippen LogP) is 2.43. The van der Waals surface area contributed by atoms with Crippen molar-refractivity contribution in [2.24, 2.45) is 5.41 Å². The Labute approximate surface area is 136 Å². The largest absolute Gasteiger partial charge is 0.395 e. The van der Waals surface area contributed by atoms with Crippen LogP contribution in [-0.2, 0) is 14.6 Å². The second-order valence-corrected chi connectivity index (χ2v) is 8.73. The third kappa shape index (κ3) is 3.01. The van der Waals surface area contributed by atoms with Crippen LogP contribution in [0.3, 0.4) is 0 Å². The maximum atomic E-state index is 12.9. The van der Waals surface area contributed by atoms with E-state index < -0.39 is 21.1 Å². The Hall–Kier alpha value is -1.77. The van der Waals surface area contributed by atoms with Gasteiger partial charge in [0.2, 0.25) is 15.7 Å². The topological polar surface area (TPSA) is 83.5 Å². The third-order valence-electron chi connectivity index (χ3n) is 3.84. The molecule has 2 aromatic rings. The Kier molecular flexibility index (Phi) is 3.99. The Balaban J connectivity index is 1.81. The predicted molar refractivity (Wildman–Crippen MR) is 83.6 cm³/mol. The van der Waals surface area contributed by atoms with Gasteiger partial charge in [0.15, 0.2) is 0 Å². The maximum absolute atomic E-state index is 12.9. The molecule has 1 aromatic heterocycles. The number of carbonyl (C=O) groups excluding carboxylic acids is 1. The van der Waals surface area contributed by atoms with Crippen LogP contribution in [0.5, 0.6) is 0 Å². The highest BCUT2D eigenvalue weighted by Gasteiger charge is 2.49. The first kappa shape index (κ1) is 16.1. The van der Waals surface area contributed by atoms with E-state index in [0.29, 0.717) is 17.8 Å². The van der Waals surface area contributed by atoms with E-state index in [1.807, 2.05) is 0 Å². The van der Waals surface area contributed by atoms with Crippen molar-refractivity contribution in [2.45, 2.75) is 21.9 Å². The summed E-state index contributed by atoms with van der Waals surface area (Å²) >= 11 is 0.926. The number of amides is 1. The van der Waals surface area contributed by atoms with Gasteiger partial charge in [0.25, 0.3) is 0 Å². The van der Waals surface area contributed by atoms with Crippen LogP contribution in [0.4, 0.5) is 9.39 Å². The van der Waals surface area contributed by atoms with Gasteiger partial charge in [-0.25, -0.2) is 12.8 Å². The average Bonchev–Trinajstić information content (AvgIpc) is 3.20. The number of nitrogens with one attached hydrogen (secondary N) is 1. The van der Waals surface area contributed by atoms with Gasteiger partial charge in [0.1, 0.15) is 10.0 Å². The molecule has 1 aliphatic carbocycles. The van der Waals surface area contributed by atoms with Crippen LogP contribution in [0, 0.1) is 11.2 Å². The maximum Gasteiger partial charge on any atom is 0.233 e. The summed E-state index contributed by atoms with van der Waals surface area (Å²) in [5, 5.41) is 12.3. The Morgan fingerprint density at radius 3 is 2.43 bits per heavy atom. The third-order valence-corrected chi connectivity index (χ3v) is 7.11. The van der Waals surface area contributed by atoms with E-state index >= 15 is 0 Å². The number of carbonyl (C=O) groups is 1. The van der Waals surface area contributed by atoms with Gasteiger partial charge in [0.05, 0.1) is 21.9 Å². The summed E-state index contributed by atoms with van der Waals surface area (Å²) in [7, 11) is -3.74. The van der Waals surface area contributed by atoms with Crippen LogP contribution < -0.4 is 5.32 Å². The molecule has 122 valence electrons. The number of thiophene rings is 1. The van der Waals surface area contributed by atoms with Gasteiger partial charge in [-0.1, -0.05) is 0 Å². The molecule has 0 spiro atoms. The van der Waals surface area contributed by atoms with Crippen LogP contribution >= 0.6 is 11.3 Å². The second-order valence-electron chi connectivity index (χ2n) is 5.47. The molecule has 1 saturated carbocycles. The number of anilines is 1. The van der Waals surface area contributed by atoms with Crippen molar-refractivity contribution in [1.82, 2.24) is 0 Å². The summed E-state index contributed by atoms with van der Waals surface area (Å²) in [4.78, 5) is 12.0. The van der Waals surface area contributed by atoms with Crippen molar-refractivity contribution in [3.05, 3.63) is 42.2 Å². The summed E-state index contributed by atoms with van der Waals surface area (Å²) in [5.74, 6) is -0.811. The van der Waals surface area contributed by atoms with E-state index in [9.17, 15) is 22.7 Å². The van der Waals surface area contributed by atoms with Gasteiger partial charge in [-0.05, 0) is 49.2 Å². The van der Waals surface area contributed by atoms with E-state index in [1.54, 1.807) is 0 Å². The number of benzene rings is 1. The molecule has 1 amide bonds. The standard InChI is InChI=1S/C15H14FNO4S2/c16-10-1-3-11(4-2-10)23(20,21)13-6-5-12(22-13)17-14(19)15(9-18)7-8-15/h1-6,18H,7-9H2,(H,17,19). The fourth-order valence-electron chi connectivity index (χ4n) is 2.11. The molecule has 3 rings (SSSR count). The van der Waals surface area contributed by atoms with E-state index in [4.69, 9.17) is 0 Å². The lowest BCUT2D eigenvalue weighted by Gasteiger charge is -2.10. The van der Waals surface area contributed by atoms with Crippen LogP contribution in [0.15, 0.2) is 45.5 Å². The van der Waals surface area contributed by atoms with Crippen molar-refractivity contribution in [3.63, 3.8) is 0 Å². The first-order chi connectivity index (χ1) is 10.9. The molecule has 0 radical (unpaired) electrons. The van der Waals surface area contributed by atoms with Crippen molar-refractivity contribution >= 4 is 32.1 Å². The molecule has 8 heteroatoms. The minimum absolute atomic E-state index is 0.00681. The molecule has 1 aliphatic rings. The summed E-state index contributed by atoms with van der Waals surface area (Å²) in [6.45, 7) is -0.217. The first-order valence-corrected chi connectivity index (χ1v) is 9.20. The quantitative estimate of drug-likeness (QED) is 0.807. The molecular weight excluding hydrogens is 341 g/mol. The van der Waals surface area contributed by atoms with Crippen molar-refractivity contribution in [1.29, 1.82) is 0 Å². The monoisotopic (exact) mass is 355 g/mol. The van der Waals surface area contributed by atoms with E-state index in [-0.39, 0.29) is 21.6 Å². The van der Waals surface area contributed by atoms with Crippen molar-refractivity contribution < 1.29 is 22.7 Å². The lowest BCUT2D eigenvalue weighted by Crippen LogP contribution is -2.26. The Morgan fingerprint density at radius 1 is 1.22 bits per heavy atom.